The van der Waals surface area contributed by atoms with E-state index < -0.39 is 0 Å². The maximum Gasteiger partial charge on any atom is 0.123 e. The average Bonchev–Trinajstić information content (AvgIpc) is 2.23. The summed E-state index contributed by atoms with van der Waals surface area (Å²) in [5.41, 5.74) is 1.18. The van der Waals surface area contributed by atoms with E-state index in [9.17, 15) is 5.11 Å². The lowest BCUT2D eigenvalue weighted by molar-refractivity contribution is 0.152. The summed E-state index contributed by atoms with van der Waals surface area (Å²) in [5, 5.41) is 9.54. The van der Waals surface area contributed by atoms with E-state index in [1.807, 2.05) is 12.1 Å². The Bertz CT molecular complexity index is 388. The first-order valence-corrected chi connectivity index (χ1v) is 6.01. The minimum Gasteiger partial charge on any atom is -0.508 e. The van der Waals surface area contributed by atoms with E-state index in [1.54, 1.807) is 6.07 Å². The fourth-order valence-electron chi connectivity index (χ4n) is 2.52. The highest BCUT2D eigenvalue weighted by Crippen LogP contribution is 2.36. The van der Waals surface area contributed by atoms with Gasteiger partial charge in [-0.25, -0.2) is 0 Å². The Morgan fingerprint density at radius 3 is 3.00 bits per heavy atom. The Morgan fingerprint density at radius 1 is 1.38 bits per heavy atom. The Hall–Kier alpha value is -1.22. The molecule has 0 spiro atoms. The number of rotatable bonds is 2. The molecular formula is C13H17NO2. The summed E-state index contributed by atoms with van der Waals surface area (Å²) < 4.78 is 5.61. The first kappa shape index (κ1) is 9.97. The zero-order chi connectivity index (χ0) is 11.0. The standard InChI is InChI=1S/C13H17NO2/c15-11-2-3-13-12(8-11)10(4-7-16-13)9-14-5-1-6-14/h2-3,8,10,15H,1,4-7,9H2. The van der Waals surface area contributed by atoms with Crippen molar-refractivity contribution in [1.82, 2.24) is 4.90 Å². The lowest BCUT2D eigenvalue weighted by atomic mass is 9.91. The first-order chi connectivity index (χ1) is 7.83. The molecule has 86 valence electrons. The van der Waals surface area contributed by atoms with Crippen LogP contribution in [0.3, 0.4) is 0 Å². The molecule has 3 heteroatoms. The second kappa shape index (κ2) is 3.98. The van der Waals surface area contributed by atoms with Gasteiger partial charge in [0, 0.05) is 18.0 Å². The number of hydrogen-bond acceptors (Lipinski definition) is 3. The molecule has 1 unspecified atom stereocenters. The molecule has 0 radical (unpaired) electrons. The van der Waals surface area contributed by atoms with Gasteiger partial charge in [0.05, 0.1) is 6.61 Å². The zero-order valence-corrected chi connectivity index (χ0v) is 9.35. The van der Waals surface area contributed by atoms with Gasteiger partial charge in [-0.1, -0.05) is 0 Å². The number of hydrogen-bond donors (Lipinski definition) is 1. The fraction of sp³-hybridized carbons (Fsp3) is 0.538. The summed E-state index contributed by atoms with van der Waals surface area (Å²) in [6.45, 7) is 4.37. The van der Waals surface area contributed by atoms with Gasteiger partial charge in [-0.15, -0.1) is 0 Å². The molecule has 1 aromatic rings. The van der Waals surface area contributed by atoms with Gasteiger partial charge < -0.3 is 14.7 Å². The number of benzene rings is 1. The van der Waals surface area contributed by atoms with Gasteiger partial charge >= 0.3 is 0 Å². The third-order valence-electron chi connectivity index (χ3n) is 3.58. The first-order valence-electron chi connectivity index (χ1n) is 6.01. The van der Waals surface area contributed by atoms with Gasteiger partial charge in [0.1, 0.15) is 11.5 Å². The molecule has 2 heterocycles. The molecule has 2 aliphatic rings. The number of phenols is 1. The minimum absolute atomic E-state index is 0.345. The molecule has 3 rings (SSSR count). The second-order valence-corrected chi connectivity index (χ2v) is 4.71. The maximum absolute atomic E-state index is 9.54. The molecule has 1 saturated heterocycles. The quantitative estimate of drug-likeness (QED) is 0.825. The zero-order valence-electron chi connectivity index (χ0n) is 9.35. The predicted molar refractivity (Wildman–Crippen MR) is 62.0 cm³/mol. The molecule has 1 fully saturated rings. The molecule has 2 aliphatic heterocycles. The molecule has 0 amide bonds. The minimum atomic E-state index is 0.345. The van der Waals surface area contributed by atoms with E-state index in [4.69, 9.17) is 4.74 Å². The summed E-state index contributed by atoms with van der Waals surface area (Å²) in [5.74, 6) is 1.82. The van der Waals surface area contributed by atoms with Gasteiger partial charge in [-0.05, 0) is 44.1 Å². The summed E-state index contributed by atoms with van der Waals surface area (Å²) in [7, 11) is 0. The van der Waals surface area contributed by atoms with Crippen molar-refractivity contribution >= 4 is 0 Å². The Balaban J connectivity index is 1.83. The molecule has 3 nitrogen and oxygen atoms in total. The highest BCUT2D eigenvalue weighted by atomic mass is 16.5. The van der Waals surface area contributed by atoms with Crippen LogP contribution in [0.2, 0.25) is 0 Å². The van der Waals surface area contributed by atoms with E-state index in [0.717, 1.165) is 25.3 Å². The van der Waals surface area contributed by atoms with Crippen LogP contribution in [0.25, 0.3) is 0 Å². The third kappa shape index (κ3) is 1.76. The second-order valence-electron chi connectivity index (χ2n) is 4.71. The summed E-state index contributed by atoms with van der Waals surface area (Å²) >= 11 is 0. The molecule has 1 aromatic carbocycles. The monoisotopic (exact) mass is 219 g/mol. The van der Waals surface area contributed by atoms with E-state index >= 15 is 0 Å². The van der Waals surface area contributed by atoms with Crippen molar-refractivity contribution in [2.45, 2.75) is 18.8 Å². The molecule has 1 atom stereocenters. The van der Waals surface area contributed by atoms with Crippen molar-refractivity contribution in [3.8, 4) is 11.5 Å². The topological polar surface area (TPSA) is 32.7 Å². The van der Waals surface area contributed by atoms with Crippen LogP contribution in [0, 0.1) is 0 Å². The summed E-state index contributed by atoms with van der Waals surface area (Å²) in [6, 6.07) is 5.44. The van der Waals surface area contributed by atoms with Crippen molar-refractivity contribution < 1.29 is 9.84 Å². The van der Waals surface area contributed by atoms with Crippen LogP contribution in [-0.2, 0) is 0 Å². The third-order valence-corrected chi connectivity index (χ3v) is 3.58. The molecule has 0 bridgehead atoms. The van der Waals surface area contributed by atoms with Crippen LogP contribution in [-0.4, -0.2) is 36.2 Å². The molecule has 0 aliphatic carbocycles. The van der Waals surface area contributed by atoms with Gasteiger partial charge in [-0.3, -0.25) is 0 Å². The van der Waals surface area contributed by atoms with Crippen LogP contribution in [0.4, 0.5) is 0 Å². The summed E-state index contributed by atoms with van der Waals surface area (Å²) in [4.78, 5) is 2.48. The number of fused-ring (bicyclic) bond motifs is 1. The van der Waals surface area contributed by atoms with Crippen molar-refractivity contribution in [1.29, 1.82) is 0 Å². The number of likely N-dealkylation sites (tertiary alicyclic amines) is 1. The molecular weight excluding hydrogens is 202 g/mol. The average molecular weight is 219 g/mol. The normalized spacial score (nSPS) is 24.4. The SMILES string of the molecule is Oc1ccc2c(c1)C(CN1CCC1)CCO2. The highest BCUT2D eigenvalue weighted by molar-refractivity contribution is 5.43. The molecule has 0 aromatic heterocycles. The Labute approximate surface area is 95.6 Å². The Kier molecular flexibility index (Phi) is 2.48. The number of phenolic OH excluding ortho intramolecular Hbond substituents is 1. The van der Waals surface area contributed by atoms with Crippen molar-refractivity contribution in [2.75, 3.05) is 26.2 Å². The maximum atomic E-state index is 9.54. The lowest BCUT2D eigenvalue weighted by Crippen LogP contribution is -2.40. The van der Waals surface area contributed by atoms with Gasteiger partial charge in [0.2, 0.25) is 0 Å². The molecule has 0 saturated carbocycles. The van der Waals surface area contributed by atoms with E-state index in [-0.39, 0.29) is 0 Å². The van der Waals surface area contributed by atoms with Gasteiger partial charge in [0.15, 0.2) is 0 Å². The Morgan fingerprint density at radius 2 is 2.25 bits per heavy atom. The van der Waals surface area contributed by atoms with Crippen LogP contribution in [0.5, 0.6) is 11.5 Å². The van der Waals surface area contributed by atoms with E-state index in [1.165, 1.54) is 25.1 Å². The smallest absolute Gasteiger partial charge is 0.123 e. The number of aromatic hydroxyl groups is 1. The predicted octanol–water partition coefficient (Wildman–Crippen LogP) is 1.96. The van der Waals surface area contributed by atoms with Crippen molar-refractivity contribution in [3.05, 3.63) is 23.8 Å². The van der Waals surface area contributed by atoms with E-state index in [2.05, 4.69) is 4.90 Å². The number of nitrogens with zero attached hydrogens (tertiary/aromatic N) is 1. The fourth-order valence-corrected chi connectivity index (χ4v) is 2.52. The van der Waals surface area contributed by atoms with Gasteiger partial charge in [0.25, 0.3) is 0 Å². The van der Waals surface area contributed by atoms with Crippen LogP contribution >= 0.6 is 0 Å². The molecule has 1 N–H and O–H groups in total. The number of ether oxygens (including phenoxy) is 1. The van der Waals surface area contributed by atoms with Crippen LogP contribution in [0.15, 0.2) is 18.2 Å². The lowest BCUT2D eigenvalue weighted by Gasteiger charge is -2.36. The largest absolute Gasteiger partial charge is 0.508 e. The summed E-state index contributed by atoms with van der Waals surface area (Å²) in [6.07, 6.45) is 2.39. The van der Waals surface area contributed by atoms with Crippen LogP contribution in [0.1, 0.15) is 24.3 Å². The molecule has 16 heavy (non-hydrogen) atoms. The van der Waals surface area contributed by atoms with Crippen molar-refractivity contribution in [3.63, 3.8) is 0 Å². The highest BCUT2D eigenvalue weighted by Gasteiger charge is 2.25. The van der Waals surface area contributed by atoms with Crippen LogP contribution < -0.4 is 4.74 Å². The van der Waals surface area contributed by atoms with Crippen molar-refractivity contribution in [2.24, 2.45) is 0 Å². The van der Waals surface area contributed by atoms with Gasteiger partial charge in [-0.2, -0.15) is 0 Å². The van der Waals surface area contributed by atoms with E-state index in [0.29, 0.717) is 11.7 Å².